The number of carboxylic acid groups (broad SMARTS) is 1. The molecule has 1 heterocycles. The Morgan fingerprint density at radius 2 is 1.86 bits per heavy atom. The van der Waals surface area contributed by atoms with Gasteiger partial charge in [0.15, 0.2) is 0 Å². The number of hydrogen-bond acceptors (Lipinski definition) is 5. The second-order valence-corrected chi connectivity index (χ2v) is 6.92. The number of carboxylic acids is 1. The normalized spacial score (nSPS) is 25.5. The van der Waals surface area contributed by atoms with Crippen molar-refractivity contribution < 1.29 is 30.0 Å². The first-order chi connectivity index (χ1) is 13.4. The van der Waals surface area contributed by atoms with Crippen molar-refractivity contribution in [2.75, 3.05) is 0 Å². The van der Waals surface area contributed by atoms with Gasteiger partial charge in [0.1, 0.15) is 0 Å². The van der Waals surface area contributed by atoms with Crippen LogP contribution in [0.4, 0.5) is 0 Å². The van der Waals surface area contributed by atoms with Crippen LogP contribution >= 0.6 is 0 Å². The SMILES string of the molecule is CC/C=C\C/C=C\CC1OC(C(O)/C=C/C(O)C/C=C\CCC(=O)O)CC1O. The molecule has 1 rings (SSSR count). The summed E-state index contributed by atoms with van der Waals surface area (Å²) in [6.07, 6.45) is 15.2. The summed E-state index contributed by atoms with van der Waals surface area (Å²) >= 11 is 0. The number of hydrogen-bond donors (Lipinski definition) is 4. The minimum atomic E-state index is -0.901. The summed E-state index contributed by atoms with van der Waals surface area (Å²) in [6, 6.07) is 0. The van der Waals surface area contributed by atoms with Crippen LogP contribution in [0.25, 0.3) is 0 Å². The zero-order valence-electron chi connectivity index (χ0n) is 16.6. The fourth-order valence-corrected chi connectivity index (χ4v) is 2.87. The second kappa shape index (κ2) is 14.3. The van der Waals surface area contributed by atoms with Crippen molar-refractivity contribution in [3.8, 4) is 0 Å². The highest BCUT2D eigenvalue weighted by Gasteiger charge is 2.36. The highest BCUT2D eigenvalue weighted by atomic mass is 16.5. The summed E-state index contributed by atoms with van der Waals surface area (Å²) in [4.78, 5) is 10.4. The van der Waals surface area contributed by atoms with E-state index in [1.165, 1.54) is 12.2 Å². The Morgan fingerprint density at radius 1 is 1.11 bits per heavy atom. The number of aliphatic hydroxyl groups excluding tert-OH is 3. The smallest absolute Gasteiger partial charge is 0.303 e. The van der Waals surface area contributed by atoms with E-state index in [2.05, 4.69) is 19.1 Å². The third-order valence-corrected chi connectivity index (χ3v) is 4.44. The van der Waals surface area contributed by atoms with Gasteiger partial charge in [-0.05, 0) is 32.1 Å². The maximum atomic E-state index is 10.4. The van der Waals surface area contributed by atoms with Gasteiger partial charge in [-0.15, -0.1) is 0 Å². The zero-order chi connectivity index (χ0) is 20.8. The van der Waals surface area contributed by atoms with Gasteiger partial charge in [-0.1, -0.05) is 55.5 Å². The van der Waals surface area contributed by atoms with Gasteiger partial charge < -0.3 is 25.2 Å². The maximum Gasteiger partial charge on any atom is 0.303 e. The first-order valence-corrected chi connectivity index (χ1v) is 9.98. The molecule has 0 aromatic rings. The molecular weight excluding hydrogens is 360 g/mol. The van der Waals surface area contributed by atoms with E-state index in [-0.39, 0.29) is 12.5 Å². The second-order valence-electron chi connectivity index (χ2n) is 6.92. The van der Waals surface area contributed by atoms with Crippen LogP contribution in [0.15, 0.2) is 48.6 Å². The van der Waals surface area contributed by atoms with Crippen molar-refractivity contribution in [1.82, 2.24) is 0 Å². The third-order valence-electron chi connectivity index (χ3n) is 4.44. The first kappa shape index (κ1) is 24.3. The van der Waals surface area contributed by atoms with E-state index in [0.717, 1.165) is 12.8 Å². The standard InChI is InChI=1S/C22H34O6/c1-2-3-4-5-6-9-12-20-19(25)16-21(28-20)18(24)15-14-17(23)11-8-7-10-13-22(26)27/h3-4,6-9,14-15,17-21,23-25H,2,5,10-13,16H2,1H3,(H,26,27)/b4-3-,8-7-,9-6-,15-14+. The summed E-state index contributed by atoms with van der Waals surface area (Å²) in [6.45, 7) is 2.08. The van der Waals surface area contributed by atoms with Gasteiger partial charge in [-0.3, -0.25) is 4.79 Å². The lowest BCUT2D eigenvalue weighted by Gasteiger charge is -2.16. The Balaban J connectivity index is 2.33. The van der Waals surface area contributed by atoms with E-state index in [4.69, 9.17) is 9.84 Å². The van der Waals surface area contributed by atoms with Crippen LogP contribution in [-0.4, -0.2) is 56.9 Å². The molecule has 158 valence electrons. The Morgan fingerprint density at radius 3 is 2.57 bits per heavy atom. The van der Waals surface area contributed by atoms with Crippen LogP contribution < -0.4 is 0 Å². The van der Waals surface area contributed by atoms with Crippen LogP contribution in [0.5, 0.6) is 0 Å². The molecule has 0 radical (unpaired) electrons. The number of carbonyl (C=O) groups is 1. The Kier molecular flexibility index (Phi) is 12.4. The van der Waals surface area contributed by atoms with Gasteiger partial charge in [0.2, 0.25) is 0 Å². The average molecular weight is 395 g/mol. The van der Waals surface area contributed by atoms with E-state index in [0.29, 0.717) is 25.7 Å². The minimum absolute atomic E-state index is 0.0638. The summed E-state index contributed by atoms with van der Waals surface area (Å²) in [5.74, 6) is -0.853. The number of aliphatic carboxylic acids is 1. The summed E-state index contributed by atoms with van der Waals surface area (Å²) in [5.41, 5.74) is 0. The van der Waals surface area contributed by atoms with Gasteiger partial charge >= 0.3 is 5.97 Å². The van der Waals surface area contributed by atoms with Crippen molar-refractivity contribution >= 4 is 5.97 Å². The van der Waals surface area contributed by atoms with Gasteiger partial charge in [0, 0.05) is 12.8 Å². The van der Waals surface area contributed by atoms with Crippen molar-refractivity contribution in [3.05, 3.63) is 48.6 Å². The number of ether oxygens (including phenoxy) is 1. The molecule has 6 heteroatoms. The summed E-state index contributed by atoms with van der Waals surface area (Å²) in [7, 11) is 0. The van der Waals surface area contributed by atoms with Gasteiger partial charge in [-0.2, -0.15) is 0 Å². The number of rotatable bonds is 13. The molecule has 1 aliphatic heterocycles. The largest absolute Gasteiger partial charge is 0.481 e. The number of aliphatic hydroxyl groups is 3. The monoisotopic (exact) mass is 394 g/mol. The predicted octanol–water partition coefficient (Wildman–Crippen LogP) is 2.90. The fourth-order valence-electron chi connectivity index (χ4n) is 2.87. The topological polar surface area (TPSA) is 107 Å². The molecule has 0 spiro atoms. The Labute approximate surface area is 167 Å². The highest BCUT2D eigenvalue weighted by molar-refractivity contribution is 5.66. The Hall–Kier alpha value is -1.73. The molecule has 0 aromatic heterocycles. The van der Waals surface area contributed by atoms with E-state index in [1.54, 1.807) is 12.2 Å². The highest BCUT2D eigenvalue weighted by Crippen LogP contribution is 2.26. The lowest BCUT2D eigenvalue weighted by molar-refractivity contribution is -0.136. The molecule has 1 saturated heterocycles. The van der Waals surface area contributed by atoms with Crippen molar-refractivity contribution in [1.29, 1.82) is 0 Å². The van der Waals surface area contributed by atoms with E-state index in [9.17, 15) is 20.1 Å². The average Bonchev–Trinajstić information content (AvgIpc) is 3.03. The molecule has 4 N–H and O–H groups in total. The van der Waals surface area contributed by atoms with Crippen LogP contribution in [0.3, 0.4) is 0 Å². The number of allylic oxidation sites excluding steroid dienone is 4. The molecule has 5 unspecified atom stereocenters. The molecule has 5 atom stereocenters. The minimum Gasteiger partial charge on any atom is -0.481 e. The lowest BCUT2D eigenvalue weighted by atomic mass is 10.0. The van der Waals surface area contributed by atoms with E-state index in [1.807, 2.05) is 12.2 Å². The van der Waals surface area contributed by atoms with Crippen LogP contribution in [0.1, 0.15) is 51.9 Å². The lowest BCUT2D eigenvalue weighted by Crippen LogP contribution is -2.24. The Bertz CT molecular complexity index is 551. The molecule has 1 aliphatic rings. The van der Waals surface area contributed by atoms with Crippen LogP contribution in [0, 0.1) is 0 Å². The molecule has 0 aromatic carbocycles. The van der Waals surface area contributed by atoms with Crippen molar-refractivity contribution in [2.24, 2.45) is 0 Å². The van der Waals surface area contributed by atoms with Crippen LogP contribution in [-0.2, 0) is 9.53 Å². The van der Waals surface area contributed by atoms with E-state index < -0.39 is 30.4 Å². The molecule has 0 saturated carbocycles. The van der Waals surface area contributed by atoms with Gasteiger partial charge in [0.05, 0.1) is 30.5 Å². The van der Waals surface area contributed by atoms with Crippen molar-refractivity contribution in [2.45, 2.75) is 82.4 Å². The summed E-state index contributed by atoms with van der Waals surface area (Å²) < 4.78 is 5.76. The quantitative estimate of drug-likeness (QED) is 0.358. The molecule has 0 aliphatic carbocycles. The molecule has 1 fully saturated rings. The molecular formula is C22H34O6. The molecule has 6 nitrogen and oxygen atoms in total. The maximum absolute atomic E-state index is 10.4. The third kappa shape index (κ3) is 10.6. The van der Waals surface area contributed by atoms with Gasteiger partial charge in [0.25, 0.3) is 0 Å². The first-order valence-electron chi connectivity index (χ1n) is 9.98. The van der Waals surface area contributed by atoms with Gasteiger partial charge in [-0.25, -0.2) is 0 Å². The summed E-state index contributed by atoms with van der Waals surface area (Å²) in [5, 5.41) is 38.8. The van der Waals surface area contributed by atoms with Crippen molar-refractivity contribution in [3.63, 3.8) is 0 Å². The fraction of sp³-hybridized carbons (Fsp3) is 0.591. The molecule has 0 amide bonds. The van der Waals surface area contributed by atoms with E-state index >= 15 is 0 Å². The molecule has 0 bridgehead atoms. The molecule has 28 heavy (non-hydrogen) atoms. The zero-order valence-corrected chi connectivity index (χ0v) is 16.6. The van der Waals surface area contributed by atoms with Crippen LogP contribution in [0.2, 0.25) is 0 Å². The predicted molar refractivity (Wildman–Crippen MR) is 109 cm³/mol.